The molecular formula is C16H17F3N4O2. The number of hydrogen-bond acceptors (Lipinski definition) is 4. The zero-order valence-electron chi connectivity index (χ0n) is 13.2. The summed E-state index contributed by atoms with van der Waals surface area (Å²) in [6.07, 6.45) is -1.74. The minimum Gasteiger partial charge on any atom is -0.391 e. The Morgan fingerprint density at radius 3 is 2.84 bits per heavy atom. The summed E-state index contributed by atoms with van der Waals surface area (Å²) in [4.78, 5) is 13.9. The minimum atomic E-state index is -4.45. The highest BCUT2D eigenvalue weighted by Gasteiger charge is 2.37. The molecule has 0 spiro atoms. The van der Waals surface area contributed by atoms with Crippen LogP contribution in [0.4, 0.5) is 13.2 Å². The number of nitrogens with zero attached hydrogens (tertiary/aromatic N) is 4. The number of alkyl halides is 3. The zero-order chi connectivity index (χ0) is 18.0. The first-order valence-electron chi connectivity index (χ1n) is 7.83. The Morgan fingerprint density at radius 1 is 1.36 bits per heavy atom. The van der Waals surface area contributed by atoms with Crippen LogP contribution >= 0.6 is 0 Å². The lowest BCUT2D eigenvalue weighted by Gasteiger charge is -2.25. The van der Waals surface area contributed by atoms with Crippen molar-refractivity contribution in [1.82, 2.24) is 19.9 Å². The third-order valence-electron chi connectivity index (χ3n) is 4.22. The first-order chi connectivity index (χ1) is 11.8. The summed E-state index contributed by atoms with van der Waals surface area (Å²) in [6, 6.07) is 4.34. The SMILES string of the molecule is O=C(CCn1ccnn1)N1CC(O)CC1c1cccc(C(F)(F)F)c1. The van der Waals surface area contributed by atoms with Gasteiger partial charge in [-0.05, 0) is 24.1 Å². The number of rotatable bonds is 4. The first-order valence-corrected chi connectivity index (χ1v) is 7.83. The lowest BCUT2D eigenvalue weighted by molar-refractivity contribution is -0.137. The Morgan fingerprint density at radius 2 is 2.16 bits per heavy atom. The van der Waals surface area contributed by atoms with E-state index in [0.717, 1.165) is 12.1 Å². The quantitative estimate of drug-likeness (QED) is 0.912. The van der Waals surface area contributed by atoms with Crippen molar-refractivity contribution in [3.05, 3.63) is 47.8 Å². The van der Waals surface area contributed by atoms with E-state index >= 15 is 0 Å². The van der Waals surface area contributed by atoms with E-state index in [4.69, 9.17) is 0 Å². The summed E-state index contributed by atoms with van der Waals surface area (Å²) in [5.41, 5.74) is -0.387. The molecule has 1 aliphatic rings. The van der Waals surface area contributed by atoms with Crippen LogP contribution in [0.15, 0.2) is 36.7 Å². The largest absolute Gasteiger partial charge is 0.416 e. The van der Waals surface area contributed by atoms with Gasteiger partial charge in [-0.2, -0.15) is 13.2 Å². The molecule has 3 rings (SSSR count). The van der Waals surface area contributed by atoms with Crippen molar-refractivity contribution >= 4 is 5.91 Å². The highest BCUT2D eigenvalue weighted by Crippen LogP contribution is 2.36. The van der Waals surface area contributed by atoms with Gasteiger partial charge in [-0.1, -0.05) is 17.3 Å². The molecule has 2 aromatic rings. The van der Waals surface area contributed by atoms with Crippen molar-refractivity contribution in [2.24, 2.45) is 0 Å². The highest BCUT2D eigenvalue weighted by molar-refractivity contribution is 5.77. The van der Waals surface area contributed by atoms with Gasteiger partial charge in [0, 0.05) is 19.2 Å². The molecular weight excluding hydrogens is 337 g/mol. The number of aliphatic hydroxyl groups excluding tert-OH is 1. The molecule has 1 aromatic carbocycles. The number of likely N-dealkylation sites (tertiary alicyclic amines) is 1. The maximum absolute atomic E-state index is 12.9. The molecule has 1 aromatic heterocycles. The van der Waals surface area contributed by atoms with E-state index < -0.39 is 23.9 Å². The van der Waals surface area contributed by atoms with Crippen LogP contribution in [0.25, 0.3) is 0 Å². The van der Waals surface area contributed by atoms with E-state index in [9.17, 15) is 23.1 Å². The van der Waals surface area contributed by atoms with E-state index in [2.05, 4.69) is 10.3 Å². The average molecular weight is 354 g/mol. The van der Waals surface area contributed by atoms with Gasteiger partial charge >= 0.3 is 6.18 Å². The van der Waals surface area contributed by atoms with Gasteiger partial charge < -0.3 is 10.0 Å². The van der Waals surface area contributed by atoms with Crippen LogP contribution in [-0.2, 0) is 17.5 Å². The van der Waals surface area contributed by atoms with Crippen molar-refractivity contribution in [3.63, 3.8) is 0 Å². The monoisotopic (exact) mass is 354 g/mol. The third-order valence-corrected chi connectivity index (χ3v) is 4.22. The van der Waals surface area contributed by atoms with Gasteiger partial charge in [-0.15, -0.1) is 5.10 Å². The fraction of sp³-hybridized carbons (Fsp3) is 0.438. The summed E-state index contributed by atoms with van der Waals surface area (Å²) >= 11 is 0. The van der Waals surface area contributed by atoms with Crippen molar-refractivity contribution in [2.75, 3.05) is 6.54 Å². The second-order valence-corrected chi connectivity index (χ2v) is 5.99. The third kappa shape index (κ3) is 3.98. The van der Waals surface area contributed by atoms with Gasteiger partial charge in [0.15, 0.2) is 0 Å². The Labute approximate surface area is 141 Å². The number of aliphatic hydroxyl groups is 1. The number of carbonyl (C=O) groups excluding carboxylic acids is 1. The predicted molar refractivity (Wildman–Crippen MR) is 81.2 cm³/mol. The summed E-state index contributed by atoms with van der Waals surface area (Å²) in [6.45, 7) is 0.428. The van der Waals surface area contributed by atoms with E-state index in [0.29, 0.717) is 12.1 Å². The number of aryl methyl sites for hydroxylation is 1. The summed E-state index contributed by atoms with van der Waals surface area (Å²) in [7, 11) is 0. The van der Waals surface area contributed by atoms with Crippen molar-refractivity contribution in [3.8, 4) is 0 Å². The molecule has 1 fully saturated rings. The number of amides is 1. The fourth-order valence-corrected chi connectivity index (χ4v) is 3.03. The molecule has 6 nitrogen and oxygen atoms in total. The zero-order valence-corrected chi connectivity index (χ0v) is 13.2. The van der Waals surface area contributed by atoms with E-state index in [1.54, 1.807) is 12.3 Å². The molecule has 1 N–H and O–H groups in total. The summed E-state index contributed by atoms with van der Waals surface area (Å²) in [5.74, 6) is -0.241. The predicted octanol–water partition coefficient (Wildman–Crippen LogP) is 2.02. The lowest BCUT2D eigenvalue weighted by atomic mass is 10.0. The molecule has 1 aliphatic heterocycles. The summed E-state index contributed by atoms with van der Waals surface area (Å²) < 4.78 is 40.3. The number of halogens is 3. The molecule has 25 heavy (non-hydrogen) atoms. The first kappa shape index (κ1) is 17.4. The molecule has 9 heteroatoms. The van der Waals surface area contributed by atoms with Gasteiger partial charge in [0.1, 0.15) is 0 Å². The maximum atomic E-state index is 12.9. The number of carbonyl (C=O) groups is 1. The van der Waals surface area contributed by atoms with Gasteiger partial charge in [0.25, 0.3) is 0 Å². The Hall–Kier alpha value is -2.42. The van der Waals surface area contributed by atoms with Crippen LogP contribution in [-0.4, -0.2) is 43.6 Å². The smallest absolute Gasteiger partial charge is 0.391 e. The topological polar surface area (TPSA) is 71.2 Å². The second-order valence-electron chi connectivity index (χ2n) is 5.99. The number of benzene rings is 1. The van der Waals surface area contributed by atoms with Gasteiger partial charge in [-0.25, -0.2) is 0 Å². The Balaban J connectivity index is 1.76. The van der Waals surface area contributed by atoms with Gasteiger partial charge in [0.2, 0.25) is 5.91 Å². The van der Waals surface area contributed by atoms with Crippen LogP contribution in [0.3, 0.4) is 0 Å². The van der Waals surface area contributed by atoms with Crippen LogP contribution in [0.1, 0.15) is 30.0 Å². The number of β-amino-alcohol motifs (C(OH)–C–C–N with tert-alkyl or cyclic N) is 1. The second kappa shape index (κ2) is 6.83. The molecule has 0 saturated carbocycles. The van der Waals surface area contributed by atoms with Gasteiger partial charge in [0.05, 0.1) is 30.5 Å². The van der Waals surface area contributed by atoms with Crippen molar-refractivity contribution in [2.45, 2.75) is 37.7 Å². The molecule has 0 bridgehead atoms. The highest BCUT2D eigenvalue weighted by atomic mass is 19.4. The van der Waals surface area contributed by atoms with E-state index in [-0.39, 0.29) is 25.3 Å². The van der Waals surface area contributed by atoms with Crippen molar-refractivity contribution < 1.29 is 23.1 Å². The molecule has 0 aliphatic carbocycles. The normalized spacial score (nSPS) is 20.9. The standard InChI is InChI=1S/C16H17F3N4O2/c17-16(18,19)12-3-1-2-11(8-12)14-9-13(24)10-23(14)15(25)4-6-22-7-5-20-21-22/h1-3,5,7-8,13-14,24H,4,6,9-10H2. The van der Waals surface area contributed by atoms with Crippen molar-refractivity contribution in [1.29, 1.82) is 0 Å². The number of aromatic nitrogens is 3. The fourth-order valence-electron chi connectivity index (χ4n) is 3.03. The van der Waals surface area contributed by atoms with Crippen LogP contribution in [0.2, 0.25) is 0 Å². The Kier molecular flexibility index (Phi) is 4.76. The molecule has 2 unspecified atom stereocenters. The molecule has 2 heterocycles. The molecule has 1 amide bonds. The van der Waals surface area contributed by atoms with Crippen LogP contribution in [0.5, 0.6) is 0 Å². The Bertz CT molecular complexity index is 733. The van der Waals surface area contributed by atoms with Gasteiger partial charge in [-0.3, -0.25) is 9.48 Å². The van der Waals surface area contributed by atoms with E-state index in [1.165, 1.54) is 21.8 Å². The average Bonchev–Trinajstić information content (AvgIpc) is 3.21. The lowest BCUT2D eigenvalue weighted by Crippen LogP contribution is -2.32. The molecule has 134 valence electrons. The van der Waals surface area contributed by atoms with Crippen LogP contribution < -0.4 is 0 Å². The molecule has 0 radical (unpaired) electrons. The van der Waals surface area contributed by atoms with E-state index in [1.807, 2.05) is 0 Å². The summed E-state index contributed by atoms with van der Waals surface area (Å²) in [5, 5.41) is 17.3. The maximum Gasteiger partial charge on any atom is 0.416 e. The molecule has 2 atom stereocenters. The minimum absolute atomic E-state index is 0.108. The van der Waals surface area contributed by atoms with Crippen LogP contribution in [0, 0.1) is 0 Å². The number of hydrogen-bond donors (Lipinski definition) is 1. The molecule has 1 saturated heterocycles.